The number of aryl methyl sites for hydroxylation is 2. The smallest absolute Gasteiger partial charge is 0.164 e. The molecule has 0 saturated carbocycles. The third kappa shape index (κ3) is 4.85. The molecule has 2 aromatic heterocycles. The standard InChI is InChI=1S/C27H34ClN5/c1-6-33(7-2)16-10-12-19(4)29-26-21-14-8-11-18(3)24(21)30-27(31-26)22-17-32(5)25-20(22)13-9-15-23(25)28/h8-9,11,13-15,17,19H,6-7,10,12,16H2,1-5H3,(H,29,30,31). The van der Waals surface area contributed by atoms with Crippen LogP contribution in [0.5, 0.6) is 0 Å². The van der Waals surface area contributed by atoms with Gasteiger partial charge in [-0.2, -0.15) is 0 Å². The van der Waals surface area contributed by atoms with E-state index >= 15 is 0 Å². The lowest BCUT2D eigenvalue weighted by Gasteiger charge is -2.21. The number of nitrogens with one attached hydrogen (secondary N) is 1. The van der Waals surface area contributed by atoms with Crippen LogP contribution in [0.15, 0.2) is 42.6 Å². The first-order chi connectivity index (χ1) is 15.9. The van der Waals surface area contributed by atoms with Gasteiger partial charge in [-0.25, -0.2) is 9.97 Å². The molecule has 5 nitrogen and oxygen atoms in total. The molecule has 2 heterocycles. The van der Waals surface area contributed by atoms with Crippen LogP contribution >= 0.6 is 11.6 Å². The van der Waals surface area contributed by atoms with Crippen molar-refractivity contribution in [3.63, 3.8) is 0 Å². The first-order valence-electron chi connectivity index (χ1n) is 11.9. The van der Waals surface area contributed by atoms with Gasteiger partial charge in [0.25, 0.3) is 0 Å². The minimum atomic E-state index is 0.314. The van der Waals surface area contributed by atoms with Crippen molar-refractivity contribution in [3.8, 4) is 11.4 Å². The molecule has 0 bridgehead atoms. The molecule has 174 valence electrons. The van der Waals surface area contributed by atoms with Crippen molar-refractivity contribution in [1.82, 2.24) is 19.4 Å². The number of aromatic nitrogens is 3. The zero-order valence-corrected chi connectivity index (χ0v) is 21.1. The summed E-state index contributed by atoms with van der Waals surface area (Å²) in [6.07, 6.45) is 4.33. The van der Waals surface area contributed by atoms with Crippen LogP contribution < -0.4 is 5.32 Å². The molecule has 4 rings (SSSR count). The van der Waals surface area contributed by atoms with Crippen molar-refractivity contribution in [2.24, 2.45) is 7.05 Å². The van der Waals surface area contributed by atoms with Gasteiger partial charge >= 0.3 is 0 Å². The zero-order chi connectivity index (χ0) is 23.5. The van der Waals surface area contributed by atoms with Crippen LogP contribution in [0.4, 0.5) is 5.82 Å². The van der Waals surface area contributed by atoms with Crippen molar-refractivity contribution in [2.45, 2.75) is 46.6 Å². The van der Waals surface area contributed by atoms with Crippen molar-refractivity contribution in [3.05, 3.63) is 53.2 Å². The van der Waals surface area contributed by atoms with Crippen LogP contribution in [0, 0.1) is 6.92 Å². The number of fused-ring (bicyclic) bond motifs is 2. The van der Waals surface area contributed by atoms with Gasteiger partial charge in [0, 0.05) is 35.6 Å². The van der Waals surface area contributed by atoms with E-state index in [0.717, 1.165) is 82.1 Å². The van der Waals surface area contributed by atoms with E-state index in [0.29, 0.717) is 6.04 Å². The molecule has 2 aromatic carbocycles. The number of hydrogen-bond acceptors (Lipinski definition) is 4. The monoisotopic (exact) mass is 463 g/mol. The lowest BCUT2D eigenvalue weighted by Crippen LogP contribution is -2.25. The molecule has 0 aliphatic carbocycles. The second-order valence-corrected chi connectivity index (χ2v) is 9.28. The number of benzene rings is 2. The third-order valence-electron chi connectivity index (χ3n) is 6.51. The van der Waals surface area contributed by atoms with E-state index in [1.165, 1.54) is 0 Å². The van der Waals surface area contributed by atoms with Gasteiger partial charge in [-0.1, -0.05) is 49.7 Å². The molecular formula is C27H34ClN5. The fraction of sp³-hybridized carbons (Fsp3) is 0.407. The molecule has 0 aliphatic rings. The predicted molar refractivity (Wildman–Crippen MR) is 141 cm³/mol. The topological polar surface area (TPSA) is 46.0 Å². The highest BCUT2D eigenvalue weighted by Crippen LogP contribution is 2.34. The molecule has 0 fully saturated rings. The predicted octanol–water partition coefficient (Wildman–Crippen LogP) is 6.67. The Labute approximate surface area is 201 Å². The summed E-state index contributed by atoms with van der Waals surface area (Å²) in [6, 6.07) is 12.6. The van der Waals surface area contributed by atoms with Gasteiger partial charge in [0.1, 0.15) is 5.82 Å². The number of rotatable bonds is 9. The molecule has 0 radical (unpaired) electrons. The summed E-state index contributed by atoms with van der Waals surface area (Å²) in [7, 11) is 2.02. The molecule has 1 atom stereocenters. The van der Waals surface area contributed by atoms with Gasteiger partial charge in [-0.3, -0.25) is 0 Å². The molecule has 1 N–H and O–H groups in total. The van der Waals surface area contributed by atoms with E-state index in [9.17, 15) is 0 Å². The number of hydrogen-bond donors (Lipinski definition) is 1. The molecule has 6 heteroatoms. The molecular weight excluding hydrogens is 430 g/mol. The Morgan fingerprint density at radius 2 is 1.79 bits per heavy atom. The van der Waals surface area contributed by atoms with Crippen LogP contribution in [-0.4, -0.2) is 45.1 Å². The zero-order valence-electron chi connectivity index (χ0n) is 20.3. The van der Waals surface area contributed by atoms with E-state index in [-0.39, 0.29) is 0 Å². The summed E-state index contributed by atoms with van der Waals surface area (Å²) in [5.74, 6) is 1.62. The van der Waals surface area contributed by atoms with Crippen molar-refractivity contribution in [2.75, 3.05) is 25.0 Å². The van der Waals surface area contributed by atoms with Crippen LogP contribution in [0.2, 0.25) is 5.02 Å². The molecule has 1 unspecified atom stereocenters. The lowest BCUT2D eigenvalue weighted by molar-refractivity contribution is 0.295. The Morgan fingerprint density at radius 3 is 2.55 bits per heavy atom. The van der Waals surface area contributed by atoms with Gasteiger partial charge in [-0.15, -0.1) is 0 Å². The number of nitrogens with zero attached hydrogens (tertiary/aromatic N) is 4. The summed E-state index contributed by atoms with van der Waals surface area (Å²) in [5, 5.41) is 6.56. The highest BCUT2D eigenvalue weighted by atomic mass is 35.5. The van der Waals surface area contributed by atoms with Crippen molar-refractivity contribution in [1.29, 1.82) is 0 Å². The Kier molecular flexibility index (Phi) is 7.20. The van der Waals surface area contributed by atoms with Crippen LogP contribution in [-0.2, 0) is 7.05 Å². The van der Waals surface area contributed by atoms with E-state index in [1.807, 2.05) is 19.2 Å². The average molecular weight is 464 g/mol. The average Bonchev–Trinajstić information content (AvgIpc) is 3.15. The Hall–Kier alpha value is -2.63. The number of anilines is 1. The van der Waals surface area contributed by atoms with Gasteiger partial charge in [-0.05, 0) is 64.0 Å². The molecule has 0 aliphatic heterocycles. The first-order valence-corrected chi connectivity index (χ1v) is 12.3. The van der Waals surface area contributed by atoms with E-state index in [1.54, 1.807) is 0 Å². The van der Waals surface area contributed by atoms with Gasteiger partial charge < -0.3 is 14.8 Å². The Morgan fingerprint density at radius 1 is 1.06 bits per heavy atom. The number of para-hydroxylation sites is 2. The minimum Gasteiger partial charge on any atom is -0.367 e. The maximum Gasteiger partial charge on any atom is 0.164 e. The van der Waals surface area contributed by atoms with E-state index in [2.05, 4.69) is 72.9 Å². The highest BCUT2D eigenvalue weighted by Gasteiger charge is 2.17. The lowest BCUT2D eigenvalue weighted by atomic mass is 10.1. The molecule has 0 spiro atoms. The van der Waals surface area contributed by atoms with E-state index < -0.39 is 0 Å². The van der Waals surface area contributed by atoms with Crippen LogP contribution in [0.3, 0.4) is 0 Å². The normalized spacial score (nSPS) is 12.7. The highest BCUT2D eigenvalue weighted by molar-refractivity contribution is 6.35. The summed E-state index contributed by atoms with van der Waals surface area (Å²) in [6.45, 7) is 12.1. The fourth-order valence-electron chi connectivity index (χ4n) is 4.59. The van der Waals surface area contributed by atoms with Gasteiger partial charge in [0.05, 0.1) is 16.1 Å². The van der Waals surface area contributed by atoms with Gasteiger partial charge in [0.15, 0.2) is 5.82 Å². The summed E-state index contributed by atoms with van der Waals surface area (Å²) in [5.41, 5.74) is 4.13. The quantitative estimate of drug-likeness (QED) is 0.301. The second-order valence-electron chi connectivity index (χ2n) is 8.87. The second kappa shape index (κ2) is 10.1. The number of halogens is 1. The van der Waals surface area contributed by atoms with E-state index in [4.69, 9.17) is 21.6 Å². The maximum atomic E-state index is 6.50. The SMILES string of the molecule is CCN(CC)CCCC(C)Nc1nc(-c2cn(C)c3c(Cl)cccc23)nc2c(C)cccc12. The van der Waals surface area contributed by atoms with Gasteiger partial charge in [0.2, 0.25) is 0 Å². The van der Waals surface area contributed by atoms with Crippen molar-refractivity contribution < 1.29 is 0 Å². The Bertz CT molecular complexity index is 1260. The van der Waals surface area contributed by atoms with Crippen molar-refractivity contribution >= 4 is 39.2 Å². The summed E-state index contributed by atoms with van der Waals surface area (Å²) in [4.78, 5) is 12.5. The largest absolute Gasteiger partial charge is 0.367 e. The minimum absolute atomic E-state index is 0.314. The molecule has 33 heavy (non-hydrogen) atoms. The fourth-order valence-corrected chi connectivity index (χ4v) is 4.90. The summed E-state index contributed by atoms with van der Waals surface area (Å²) < 4.78 is 2.06. The first kappa shape index (κ1) is 23.5. The maximum absolute atomic E-state index is 6.50. The molecule has 0 saturated heterocycles. The van der Waals surface area contributed by atoms with Crippen LogP contribution in [0.1, 0.15) is 39.2 Å². The Balaban J connectivity index is 1.71. The molecule has 0 amide bonds. The molecule has 4 aromatic rings. The summed E-state index contributed by atoms with van der Waals surface area (Å²) >= 11 is 6.50. The third-order valence-corrected chi connectivity index (χ3v) is 6.82. The van der Waals surface area contributed by atoms with Crippen LogP contribution in [0.25, 0.3) is 33.2 Å².